The monoisotopic (exact) mass is 474 g/mol. The van der Waals surface area contributed by atoms with Gasteiger partial charge in [-0.05, 0) is 74.4 Å². The van der Waals surface area contributed by atoms with Gasteiger partial charge in [0.05, 0.1) is 6.04 Å². The van der Waals surface area contributed by atoms with Gasteiger partial charge in [0.1, 0.15) is 12.1 Å². The molecule has 3 heterocycles. The minimum absolute atomic E-state index is 0.142. The lowest BCUT2D eigenvalue weighted by Gasteiger charge is -2.42. The molecule has 33 heavy (non-hydrogen) atoms. The summed E-state index contributed by atoms with van der Waals surface area (Å²) in [4.78, 5) is 43.5. The van der Waals surface area contributed by atoms with Crippen molar-refractivity contribution in [3.8, 4) is 0 Å². The lowest BCUT2D eigenvalue weighted by atomic mass is 9.65. The Hall–Kier alpha value is -1.93. The van der Waals surface area contributed by atoms with Crippen LogP contribution in [-0.2, 0) is 9.59 Å². The van der Waals surface area contributed by atoms with E-state index in [1.165, 1.54) is 17.7 Å². The molecule has 3 fully saturated rings. The zero-order valence-electron chi connectivity index (χ0n) is 20.2. The molecule has 2 saturated heterocycles. The third-order valence-electron chi connectivity index (χ3n) is 8.35. The standard InChI is InChI=1S/C25H38N4O3S/c1-4-24(2,3)18-9-11-25(12-10-18)22(31)29(23(32)27-25)17-21(30)26-16-19(20-8-7-15-33-20)28-13-5-6-14-28/h7-8,15,18-19H,4-6,9-14,16-17H2,1-3H3,(H,26,30)(H,27,32). The zero-order valence-corrected chi connectivity index (χ0v) is 21.0. The molecule has 1 atom stereocenters. The molecular weight excluding hydrogens is 436 g/mol. The van der Waals surface area contributed by atoms with Crippen LogP contribution >= 0.6 is 11.3 Å². The first-order valence-corrected chi connectivity index (χ1v) is 13.3. The predicted octanol–water partition coefficient (Wildman–Crippen LogP) is 3.92. The molecule has 1 aliphatic carbocycles. The second-order valence-electron chi connectivity index (χ2n) is 10.6. The molecule has 1 saturated carbocycles. The number of imide groups is 1. The summed E-state index contributed by atoms with van der Waals surface area (Å²) in [6.07, 6.45) is 6.60. The van der Waals surface area contributed by atoms with Crippen LogP contribution in [0.2, 0.25) is 0 Å². The number of urea groups is 1. The molecule has 8 heteroatoms. The van der Waals surface area contributed by atoms with Crippen molar-refractivity contribution in [1.29, 1.82) is 0 Å². The molecule has 1 spiro atoms. The quantitative estimate of drug-likeness (QED) is 0.560. The number of nitrogens with one attached hydrogen (secondary N) is 2. The zero-order chi connectivity index (χ0) is 23.6. The third kappa shape index (κ3) is 4.97. The van der Waals surface area contributed by atoms with Gasteiger partial charge in [0, 0.05) is 11.4 Å². The van der Waals surface area contributed by atoms with E-state index in [9.17, 15) is 14.4 Å². The van der Waals surface area contributed by atoms with Crippen LogP contribution in [0.1, 0.15) is 76.6 Å². The number of nitrogens with zero attached hydrogens (tertiary/aromatic N) is 2. The van der Waals surface area contributed by atoms with E-state index < -0.39 is 11.6 Å². The Bertz CT molecular complexity index is 855. The Morgan fingerprint density at radius 2 is 1.97 bits per heavy atom. The SMILES string of the molecule is CCC(C)(C)C1CCC2(CC1)NC(=O)N(CC(=O)NCC(c1cccs1)N1CCCC1)C2=O. The molecule has 2 aliphatic heterocycles. The van der Waals surface area contributed by atoms with E-state index in [0.29, 0.717) is 25.3 Å². The normalized spacial score (nSPS) is 27.2. The lowest BCUT2D eigenvalue weighted by Crippen LogP contribution is -2.51. The number of carbonyl (C=O) groups is 3. The molecule has 2 N–H and O–H groups in total. The minimum atomic E-state index is -0.827. The molecule has 1 unspecified atom stereocenters. The first-order chi connectivity index (χ1) is 15.8. The molecule has 0 radical (unpaired) electrons. The van der Waals surface area contributed by atoms with Crippen LogP contribution in [-0.4, -0.2) is 59.4 Å². The fourth-order valence-corrected chi connectivity index (χ4v) is 6.55. The number of amides is 4. The highest BCUT2D eigenvalue weighted by molar-refractivity contribution is 7.10. The Balaban J connectivity index is 1.34. The average molecular weight is 475 g/mol. The number of likely N-dealkylation sites (tertiary alicyclic amines) is 1. The van der Waals surface area contributed by atoms with Crippen LogP contribution in [0.25, 0.3) is 0 Å². The molecule has 182 valence electrons. The smallest absolute Gasteiger partial charge is 0.325 e. The Morgan fingerprint density at radius 1 is 1.27 bits per heavy atom. The van der Waals surface area contributed by atoms with E-state index in [0.717, 1.165) is 37.3 Å². The van der Waals surface area contributed by atoms with E-state index in [1.807, 2.05) is 6.07 Å². The van der Waals surface area contributed by atoms with Crippen LogP contribution in [0.5, 0.6) is 0 Å². The fraction of sp³-hybridized carbons (Fsp3) is 0.720. The van der Waals surface area contributed by atoms with E-state index in [2.05, 4.69) is 47.8 Å². The molecule has 1 aromatic heterocycles. The summed E-state index contributed by atoms with van der Waals surface area (Å²) in [5, 5.41) is 8.00. The average Bonchev–Trinajstić information content (AvgIpc) is 3.55. The van der Waals surface area contributed by atoms with Crippen LogP contribution in [0.4, 0.5) is 4.79 Å². The molecule has 1 aromatic rings. The van der Waals surface area contributed by atoms with Crippen molar-refractivity contribution in [2.75, 3.05) is 26.2 Å². The van der Waals surface area contributed by atoms with Gasteiger partial charge in [0.15, 0.2) is 0 Å². The largest absolute Gasteiger partial charge is 0.353 e. The van der Waals surface area contributed by atoms with Crippen molar-refractivity contribution >= 4 is 29.2 Å². The van der Waals surface area contributed by atoms with Gasteiger partial charge < -0.3 is 10.6 Å². The van der Waals surface area contributed by atoms with Gasteiger partial charge in [-0.3, -0.25) is 19.4 Å². The van der Waals surface area contributed by atoms with Crippen LogP contribution in [0.3, 0.4) is 0 Å². The summed E-state index contributed by atoms with van der Waals surface area (Å²) >= 11 is 1.70. The summed E-state index contributed by atoms with van der Waals surface area (Å²) < 4.78 is 0. The van der Waals surface area contributed by atoms with Crippen molar-refractivity contribution < 1.29 is 14.4 Å². The number of hydrogen-bond acceptors (Lipinski definition) is 5. The number of thiophene rings is 1. The van der Waals surface area contributed by atoms with Gasteiger partial charge in [-0.25, -0.2) is 4.79 Å². The Labute approximate surface area is 201 Å². The molecule has 4 amide bonds. The third-order valence-corrected chi connectivity index (χ3v) is 9.32. The first-order valence-electron chi connectivity index (χ1n) is 12.4. The second kappa shape index (κ2) is 9.74. The summed E-state index contributed by atoms with van der Waals surface area (Å²) in [6, 6.07) is 3.85. The van der Waals surface area contributed by atoms with E-state index in [-0.39, 0.29) is 29.8 Å². The summed E-state index contributed by atoms with van der Waals surface area (Å²) in [5.41, 5.74) is -0.589. The van der Waals surface area contributed by atoms with Crippen molar-refractivity contribution in [3.05, 3.63) is 22.4 Å². The van der Waals surface area contributed by atoms with Crippen LogP contribution < -0.4 is 10.6 Å². The highest BCUT2D eigenvalue weighted by Gasteiger charge is 2.53. The Morgan fingerprint density at radius 3 is 2.58 bits per heavy atom. The summed E-state index contributed by atoms with van der Waals surface area (Å²) in [5.74, 6) is 0.0387. The van der Waals surface area contributed by atoms with Crippen LogP contribution in [0.15, 0.2) is 17.5 Å². The van der Waals surface area contributed by atoms with Gasteiger partial charge in [-0.15, -0.1) is 11.3 Å². The minimum Gasteiger partial charge on any atom is -0.353 e. The highest BCUT2D eigenvalue weighted by atomic mass is 32.1. The predicted molar refractivity (Wildman–Crippen MR) is 130 cm³/mol. The van der Waals surface area contributed by atoms with Gasteiger partial charge in [0.2, 0.25) is 5.91 Å². The maximum absolute atomic E-state index is 13.2. The highest BCUT2D eigenvalue weighted by Crippen LogP contribution is 2.45. The van der Waals surface area contributed by atoms with Crippen molar-refractivity contribution in [1.82, 2.24) is 20.4 Å². The molecule has 4 rings (SSSR count). The van der Waals surface area contributed by atoms with Gasteiger partial charge in [-0.2, -0.15) is 0 Å². The second-order valence-corrected chi connectivity index (χ2v) is 11.6. The van der Waals surface area contributed by atoms with E-state index in [1.54, 1.807) is 11.3 Å². The topological polar surface area (TPSA) is 81.8 Å². The van der Waals surface area contributed by atoms with E-state index in [4.69, 9.17) is 0 Å². The van der Waals surface area contributed by atoms with Crippen molar-refractivity contribution in [2.45, 2.75) is 77.3 Å². The summed E-state index contributed by atoms with van der Waals surface area (Å²) in [6.45, 7) is 9.11. The first kappa shape index (κ1) is 24.2. The van der Waals surface area contributed by atoms with Crippen molar-refractivity contribution in [3.63, 3.8) is 0 Å². The summed E-state index contributed by atoms with van der Waals surface area (Å²) in [7, 11) is 0. The van der Waals surface area contributed by atoms with Gasteiger partial charge >= 0.3 is 6.03 Å². The molecular formula is C25H38N4O3S. The number of hydrogen-bond donors (Lipinski definition) is 2. The maximum atomic E-state index is 13.2. The van der Waals surface area contributed by atoms with Crippen LogP contribution in [0, 0.1) is 11.3 Å². The fourth-order valence-electron chi connectivity index (χ4n) is 5.69. The maximum Gasteiger partial charge on any atom is 0.325 e. The molecule has 0 bridgehead atoms. The molecule has 3 aliphatic rings. The number of rotatable bonds is 8. The Kier molecular flexibility index (Phi) is 7.15. The van der Waals surface area contributed by atoms with Gasteiger partial charge in [-0.1, -0.05) is 33.3 Å². The molecule has 7 nitrogen and oxygen atoms in total. The lowest BCUT2D eigenvalue weighted by molar-refractivity contribution is -0.136. The number of carbonyl (C=O) groups excluding carboxylic acids is 3. The van der Waals surface area contributed by atoms with Gasteiger partial charge in [0.25, 0.3) is 5.91 Å². The molecule has 0 aromatic carbocycles. The van der Waals surface area contributed by atoms with E-state index >= 15 is 0 Å². The van der Waals surface area contributed by atoms with Crippen molar-refractivity contribution in [2.24, 2.45) is 11.3 Å².